The van der Waals surface area contributed by atoms with Crippen LogP contribution in [0.2, 0.25) is 0 Å². The first kappa shape index (κ1) is 36.5. The molecule has 2 N–H and O–H groups in total. The summed E-state index contributed by atoms with van der Waals surface area (Å²) in [5.74, 6) is -2.65. The minimum absolute atomic E-state index is 0.0316. The summed E-state index contributed by atoms with van der Waals surface area (Å²) in [5.41, 5.74) is 1.55. The Hall–Kier alpha value is -4.83. The third-order valence-electron chi connectivity index (χ3n) is 8.85. The number of esters is 1. The molecule has 5 aromatic rings. The van der Waals surface area contributed by atoms with E-state index in [0.717, 1.165) is 33.9 Å². The second kappa shape index (κ2) is 17.2. The van der Waals surface area contributed by atoms with E-state index in [4.69, 9.17) is 8.92 Å². The Labute approximate surface area is 294 Å². The van der Waals surface area contributed by atoms with Crippen molar-refractivity contribution in [2.24, 2.45) is 5.92 Å². The van der Waals surface area contributed by atoms with Crippen LogP contribution in [0.25, 0.3) is 10.8 Å². The van der Waals surface area contributed by atoms with Crippen molar-refractivity contribution in [3.8, 4) is 0 Å². The summed E-state index contributed by atoms with van der Waals surface area (Å²) in [6, 6.07) is 40.4. The van der Waals surface area contributed by atoms with Crippen molar-refractivity contribution >= 4 is 32.8 Å². The van der Waals surface area contributed by atoms with Gasteiger partial charge in [0.05, 0.1) is 29.6 Å². The molecule has 0 aliphatic heterocycles. The van der Waals surface area contributed by atoms with Crippen LogP contribution in [0.15, 0.2) is 138 Å². The highest BCUT2D eigenvalue weighted by Gasteiger charge is 2.41. The second-order valence-corrected chi connectivity index (χ2v) is 13.9. The highest BCUT2D eigenvalue weighted by Crippen LogP contribution is 2.38. The largest absolute Gasteiger partial charge is 0.481 e. The summed E-state index contributed by atoms with van der Waals surface area (Å²) in [4.78, 5) is 26.6. The van der Waals surface area contributed by atoms with Crippen LogP contribution < -0.4 is 5.32 Å². The van der Waals surface area contributed by atoms with Gasteiger partial charge in [-0.3, -0.25) is 19.1 Å². The van der Waals surface area contributed by atoms with Gasteiger partial charge >= 0.3 is 11.9 Å². The number of rotatable bonds is 18. The molecule has 0 aliphatic rings. The van der Waals surface area contributed by atoms with E-state index in [0.29, 0.717) is 6.42 Å². The van der Waals surface area contributed by atoms with Gasteiger partial charge in [0.25, 0.3) is 10.1 Å². The van der Waals surface area contributed by atoms with Gasteiger partial charge in [0.2, 0.25) is 0 Å². The summed E-state index contributed by atoms with van der Waals surface area (Å²) in [7, 11) is -4.07. The Balaban J connectivity index is 1.41. The molecule has 8 nitrogen and oxygen atoms in total. The van der Waals surface area contributed by atoms with Crippen molar-refractivity contribution in [3.63, 3.8) is 0 Å². The molecular formula is C41H43NO7S. The van der Waals surface area contributed by atoms with Gasteiger partial charge in [0.15, 0.2) is 0 Å². The zero-order chi connectivity index (χ0) is 35.4. The highest BCUT2D eigenvalue weighted by atomic mass is 32.2. The average molecular weight is 694 g/mol. The number of hydrogen-bond donors (Lipinski definition) is 2. The quantitative estimate of drug-likeness (QED) is 0.0415. The first-order valence-electron chi connectivity index (χ1n) is 17.0. The van der Waals surface area contributed by atoms with Crippen molar-refractivity contribution in [2.75, 3.05) is 13.2 Å². The molecule has 5 rings (SSSR count). The van der Waals surface area contributed by atoms with Crippen LogP contribution in [0.3, 0.4) is 0 Å². The molecule has 260 valence electrons. The normalized spacial score (nSPS) is 13.1. The van der Waals surface area contributed by atoms with E-state index in [9.17, 15) is 23.1 Å². The Bertz CT molecular complexity index is 1850. The Kier molecular flexibility index (Phi) is 12.5. The lowest BCUT2D eigenvalue weighted by molar-refractivity contribution is -0.148. The molecule has 0 amide bonds. The molecular weight excluding hydrogens is 651 g/mol. The number of hydrogen-bond acceptors (Lipinski definition) is 7. The van der Waals surface area contributed by atoms with Crippen molar-refractivity contribution in [3.05, 3.63) is 150 Å². The van der Waals surface area contributed by atoms with Gasteiger partial charge in [-0.15, -0.1) is 0 Å². The van der Waals surface area contributed by atoms with Gasteiger partial charge in [-0.05, 0) is 65.3 Å². The maximum absolute atomic E-state index is 13.9. The molecule has 0 saturated carbocycles. The number of fused-ring (bicyclic) bond motifs is 1. The van der Waals surface area contributed by atoms with Crippen LogP contribution in [-0.4, -0.2) is 44.7 Å². The Morgan fingerprint density at radius 3 is 1.80 bits per heavy atom. The number of carboxylic acid groups (broad SMARTS) is 1. The lowest BCUT2D eigenvalue weighted by Crippen LogP contribution is -2.54. The third-order valence-corrected chi connectivity index (χ3v) is 10.2. The zero-order valence-electron chi connectivity index (χ0n) is 28.1. The lowest BCUT2D eigenvalue weighted by atomic mass is 9.76. The number of nitrogens with one attached hydrogen (secondary N) is 1. The van der Waals surface area contributed by atoms with Crippen LogP contribution in [0.5, 0.6) is 0 Å². The predicted molar refractivity (Wildman–Crippen MR) is 194 cm³/mol. The fourth-order valence-corrected chi connectivity index (χ4v) is 7.20. The van der Waals surface area contributed by atoms with Crippen LogP contribution >= 0.6 is 0 Å². The fourth-order valence-electron chi connectivity index (χ4n) is 6.22. The molecule has 5 aromatic carbocycles. The number of ether oxygens (including phenoxy) is 1. The zero-order valence-corrected chi connectivity index (χ0v) is 28.9. The second-order valence-electron chi connectivity index (χ2n) is 12.3. The van der Waals surface area contributed by atoms with Crippen LogP contribution in [0.1, 0.15) is 55.7 Å². The van der Waals surface area contributed by atoms with E-state index in [-0.39, 0.29) is 37.4 Å². The van der Waals surface area contributed by atoms with Crippen LogP contribution in [0.4, 0.5) is 0 Å². The summed E-state index contributed by atoms with van der Waals surface area (Å²) in [5, 5.41) is 15.7. The lowest BCUT2D eigenvalue weighted by Gasteiger charge is -2.40. The number of unbranched alkanes of at least 4 members (excludes halogenated alkanes) is 1. The molecule has 0 aliphatic carbocycles. The number of carboxylic acids is 1. The summed E-state index contributed by atoms with van der Waals surface area (Å²) in [6.45, 7) is 2.00. The first-order valence-corrected chi connectivity index (χ1v) is 18.4. The number of aliphatic carboxylic acids is 1. The van der Waals surface area contributed by atoms with Gasteiger partial charge in [-0.1, -0.05) is 135 Å². The molecule has 1 unspecified atom stereocenters. The van der Waals surface area contributed by atoms with E-state index in [1.165, 1.54) is 6.07 Å². The number of benzene rings is 5. The van der Waals surface area contributed by atoms with Crippen molar-refractivity contribution in [2.45, 2.75) is 55.5 Å². The predicted octanol–water partition coefficient (Wildman–Crippen LogP) is 7.71. The van der Waals surface area contributed by atoms with E-state index in [2.05, 4.69) is 5.32 Å². The fraction of sp³-hybridized carbons (Fsp3) is 0.268. The van der Waals surface area contributed by atoms with Gasteiger partial charge in [0, 0.05) is 0 Å². The molecule has 2 atom stereocenters. The van der Waals surface area contributed by atoms with E-state index in [1.807, 2.05) is 122 Å². The van der Waals surface area contributed by atoms with Crippen molar-refractivity contribution in [1.29, 1.82) is 0 Å². The molecule has 0 saturated heterocycles. The molecule has 0 bridgehead atoms. The van der Waals surface area contributed by atoms with Crippen LogP contribution in [0, 0.1) is 5.92 Å². The minimum atomic E-state index is -4.07. The van der Waals surface area contributed by atoms with Gasteiger partial charge in [-0.2, -0.15) is 8.42 Å². The van der Waals surface area contributed by atoms with Gasteiger partial charge in [0.1, 0.15) is 6.04 Å². The van der Waals surface area contributed by atoms with Crippen molar-refractivity contribution < 1.29 is 32.0 Å². The minimum Gasteiger partial charge on any atom is -0.481 e. The first-order chi connectivity index (χ1) is 24.2. The monoisotopic (exact) mass is 693 g/mol. The van der Waals surface area contributed by atoms with E-state index >= 15 is 0 Å². The molecule has 50 heavy (non-hydrogen) atoms. The van der Waals surface area contributed by atoms with Gasteiger partial charge < -0.3 is 9.84 Å². The Morgan fingerprint density at radius 2 is 1.26 bits per heavy atom. The number of carbonyl (C=O) groups is 2. The topological polar surface area (TPSA) is 119 Å². The van der Waals surface area contributed by atoms with E-state index < -0.39 is 39.6 Å². The summed E-state index contributed by atoms with van der Waals surface area (Å²) < 4.78 is 37.1. The maximum Gasteiger partial charge on any atom is 0.323 e. The molecule has 0 aromatic heterocycles. The number of carbonyl (C=O) groups excluding carboxylic acids is 1. The Morgan fingerprint density at radius 1 is 0.720 bits per heavy atom. The summed E-state index contributed by atoms with van der Waals surface area (Å²) in [6.07, 6.45) is 1.63. The molecule has 0 heterocycles. The van der Waals surface area contributed by atoms with Crippen molar-refractivity contribution in [1.82, 2.24) is 5.32 Å². The highest BCUT2D eigenvalue weighted by molar-refractivity contribution is 7.86. The molecule has 0 radical (unpaired) electrons. The molecule has 9 heteroatoms. The molecule has 0 fully saturated rings. The average Bonchev–Trinajstić information content (AvgIpc) is 3.15. The smallest absolute Gasteiger partial charge is 0.323 e. The van der Waals surface area contributed by atoms with Gasteiger partial charge in [-0.25, -0.2) is 0 Å². The van der Waals surface area contributed by atoms with E-state index in [1.54, 1.807) is 12.1 Å². The summed E-state index contributed by atoms with van der Waals surface area (Å²) >= 11 is 0. The maximum atomic E-state index is 13.9. The van der Waals surface area contributed by atoms with Crippen LogP contribution in [-0.2, 0) is 34.2 Å². The molecule has 0 spiro atoms. The third kappa shape index (κ3) is 8.84. The standard InChI is InChI=1S/C41H43NO7S/c1-2-3-27-48-40(45)38(42-41(34-19-7-4-8-20-34,35-21-9-5-10-22-35)36-23-11-6-12-24-36)30-33(39(43)44)18-15-28-49-50(46,47)37-26-25-31-16-13-14-17-32(31)29-37/h4-14,16-17,19-26,29,33,38,42H,2-3,15,18,27-28,30H2,1H3,(H,43,44)/t33?,38-/m0/s1. The SMILES string of the molecule is CCCCOC(=O)[C@H](CC(CCCOS(=O)(=O)c1ccc2ccccc2c1)C(=O)O)NC(c1ccccc1)(c1ccccc1)c1ccccc1.